The van der Waals surface area contributed by atoms with Crippen LogP contribution < -0.4 is 0 Å². The zero-order valence-corrected chi connectivity index (χ0v) is 10.6. The number of hydrogen-bond donors (Lipinski definition) is 0. The van der Waals surface area contributed by atoms with Crippen molar-refractivity contribution in [2.75, 3.05) is 0 Å². The van der Waals surface area contributed by atoms with Crippen LogP contribution in [0.25, 0.3) is 32.3 Å². The van der Waals surface area contributed by atoms with E-state index in [0.29, 0.717) is 0 Å². The van der Waals surface area contributed by atoms with E-state index in [-0.39, 0.29) is 0 Å². The Balaban J connectivity index is 2.16. The molecule has 89 valence electrons. The van der Waals surface area contributed by atoms with Crippen LogP contribution in [0.15, 0.2) is 66.7 Å². The molecule has 4 aromatic rings. The maximum Gasteiger partial charge on any atom is -0.0171 e. The summed E-state index contributed by atoms with van der Waals surface area (Å²) in [6, 6.07) is 23.9. The molecule has 0 saturated heterocycles. The van der Waals surface area contributed by atoms with Crippen molar-refractivity contribution in [2.24, 2.45) is 0 Å². The van der Waals surface area contributed by atoms with Crippen LogP contribution >= 0.6 is 0 Å². The molecule has 0 bridgehead atoms. The third kappa shape index (κ3) is 1.68. The molecule has 0 amide bonds. The molecule has 0 saturated carbocycles. The number of hydrogen-bond acceptors (Lipinski definition) is 0. The van der Waals surface area contributed by atoms with Crippen LogP contribution in [0.4, 0.5) is 0 Å². The summed E-state index contributed by atoms with van der Waals surface area (Å²) >= 11 is 0. The highest BCUT2D eigenvalue weighted by Gasteiger charge is 2.01. The molecule has 0 aromatic heterocycles. The summed E-state index contributed by atoms with van der Waals surface area (Å²) in [5.74, 6) is 0. The molecule has 0 aliphatic carbocycles. The van der Waals surface area contributed by atoms with Crippen molar-refractivity contribution >= 4 is 32.3 Å². The Hall–Kier alpha value is -2.34. The lowest BCUT2D eigenvalue weighted by Crippen LogP contribution is -1.79. The predicted octanol–water partition coefficient (Wildman–Crippen LogP) is 5.33. The van der Waals surface area contributed by atoms with Gasteiger partial charge in [-0.3, -0.25) is 0 Å². The summed E-state index contributed by atoms with van der Waals surface area (Å²) in [4.78, 5) is 0. The van der Waals surface area contributed by atoms with Crippen molar-refractivity contribution in [2.45, 2.75) is 0 Å². The van der Waals surface area contributed by atoms with Crippen LogP contribution in [0.3, 0.4) is 0 Å². The minimum atomic E-state index is 1.06. The first-order valence-corrected chi connectivity index (χ1v) is 6.48. The predicted molar refractivity (Wildman–Crippen MR) is 83.4 cm³/mol. The maximum absolute atomic E-state index is 4.00. The molecule has 0 heterocycles. The van der Waals surface area contributed by atoms with E-state index in [0.717, 1.165) is 5.56 Å². The summed E-state index contributed by atoms with van der Waals surface area (Å²) in [7, 11) is 0. The fourth-order valence-corrected chi connectivity index (χ4v) is 2.74. The topological polar surface area (TPSA) is 0 Å². The zero-order chi connectivity index (χ0) is 12.8. The van der Waals surface area contributed by atoms with Gasteiger partial charge in [0.25, 0.3) is 0 Å². The Labute approximate surface area is 112 Å². The Morgan fingerprint density at radius 1 is 0.474 bits per heavy atom. The first kappa shape index (κ1) is 10.6. The monoisotopic (exact) mass is 241 g/mol. The second-order valence-corrected chi connectivity index (χ2v) is 5.08. The van der Waals surface area contributed by atoms with Crippen molar-refractivity contribution in [3.05, 3.63) is 79.2 Å². The molecule has 0 fully saturated rings. The van der Waals surface area contributed by atoms with Gasteiger partial charge in [-0.05, 0) is 69.1 Å². The van der Waals surface area contributed by atoms with Gasteiger partial charge < -0.3 is 0 Å². The third-order valence-corrected chi connectivity index (χ3v) is 3.72. The highest BCUT2D eigenvalue weighted by Crippen LogP contribution is 2.27. The van der Waals surface area contributed by atoms with E-state index in [1.54, 1.807) is 0 Å². The van der Waals surface area contributed by atoms with Crippen molar-refractivity contribution in [1.82, 2.24) is 0 Å². The number of fused-ring (bicyclic) bond motifs is 3. The number of benzene rings is 4. The van der Waals surface area contributed by atoms with Crippen LogP contribution in [0.1, 0.15) is 5.56 Å². The average Bonchev–Trinajstić information content (AvgIpc) is 2.43. The summed E-state index contributed by atoms with van der Waals surface area (Å²) in [5.41, 5.74) is 1.06. The van der Waals surface area contributed by atoms with Crippen molar-refractivity contribution in [3.63, 3.8) is 0 Å². The number of rotatable bonds is 0. The van der Waals surface area contributed by atoms with Gasteiger partial charge in [0.1, 0.15) is 0 Å². The fourth-order valence-electron chi connectivity index (χ4n) is 2.74. The van der Waals surface area contributed by atoms with Crippen LogP contribution in [0.5, 0.6) is 0 Å². The van der Waals surface area contributed by atoms with E-state index in [4.69, 9.17) is 0 Å². The molecule has 0 aliphatic heterocycles. The summed E-state index contributed by atoms with van der Waals surface area (Å²) in [5, 5.41) is 7.70. The Morgan fingerprint density at radius 2 is 0.947 bits per heavy atom. The molecule has 0 aliphatic rings. The highest BCUT2D eigenvalue weighted by molar-refractivity contribution is 6.04. The van der Waals surface area contributed by atoms with Crippen molar-refractivity contribution in [1.29, 1.82) is 0 Å². The minimum Gasteiger partial charge on any atom is -0.0616 e. The van der Waals surface area contributed by atoms with E-state index in [1.165, 1.54) is 32.3 Å². The van der Waals surface area contributed by atoms with Gasteiger partial charge in [0.2, 0.25) is 0 Å². The van der Waals surface area contributed by atoms with Crippen LogP contribution in [0, 0.1) is 6.92 Å². The van der Waals surface area contributed by atoms with Crippen LogP contribution in [-0.4, -0.2) is 0 Å². The first-order valence-electron chi connectivity index (χ1n) is 6.48. The lowest BCUT2D eigenvalue weighted by Gasteiger charge is -2.05. The van der Waals surface area contributed by atoms with Gasteiger partial charge in [-0.2, -0.15) is 0 Å². The molecular weight excluding hydrogens is 228 g/mol. The fraction of sp³-hybridized carbons (Fsp3) is 0. The van der Waals surface area contributed by atoms with E-state index >= 15 is 0 Å². The molecule has 0 unspecified atom stereocenters. The van der Waals surface area contributed by atoms with E-state index < -0.39 is 0 Å². The third-order valence-electron chi connectivity index (χ3n) is 3.72. The van der Waals surface area contributed by atoms with Gasteiger partial charge >= 0.3 is 0 Å². The molecule has 4 aromatic carbocycles. The van der Waals surface area contributed by atoms with Gasteiger partial charge in [0.05, 0.1) is 0 Å². The van der Waals surface area contributed by atoms with Crippen molar-refractivity contribution < 1.29 is 0 Å². The second kappa shape index (κ2) is 3.83. The van der Waals surface area contributed by atoms with Crippen LogP contribution in [0.2, 0.25) is 0 Å². The summed E-state index contributed by atoms with van der Waals surface area (Å²) in [6.07, 6.45) is 0. The van der Waals surface area contributed by atoms with E-state index in [9.17, 15) is 0 Å². The standard InChI is InChI=1S/C19H13/c1-13-6-7-16-11-18-9-14-4-2-3-5-15(14)10-19(18)12-17(16)8-13/h2-12H,1H2. The average molecular weight is 241 g/mol. The van der Waals surface area contributed by atoms with Gasteiger partial charge in [-0.15, -0.1) is 0 Å². The molecule has 0 N–H and O–H groups in total. The van der Waals surface area contributed by atoms with Crippen molar-refractivity contribution in [3.8, 4) is 0 Å². The molecule has 0 atom stereocenters. The lowest BCUT2D eigenvalue weighted by atomic mass is 9.99. The Morgan fingerprint density at radius 3 is 1.58 bits per heavy atom. The highest BCUT2D eigenvalue weighted by atomic mass is 14.0. The van der Waals surface area contributed by atoms with E-state index in [1.807, 2.05) is 0 Å². The largest absolute Gasteiger partial charge is 0.0616 e. The minimum absolute atomic E-state index is 1.06. The second-order valence-electron chi connectivity index (χ2n) is 5.08. The van der Waals surface area contributed by atoms with Gasteiger partial charge in [0, 0.05) is 0 Å². The van der Waals surface area contributed by atoms with Gasteiger partial charge in [-0.1, -0.05) is 42.5 Å². The Kier molecular flexibility index (Phi) is 2.13. The first-order chi connectivity index (χ1) is 9.29. The molecule has 4 rings (SSSR count). The van der Waals surface area contributed by atoms with Crippen LogP contribution in [-0.2, 0) is 0 Å². The zero-order valence-electron chi connectivity index (χ0n) is 10.6. The molecule has 0 spiro atoms. The SMILES string of the molecule is [CH2]c1ccc2cc3cc4ccccc4cc3cc2c1. The lowest BCUT2D eigenvalue weighted by molar-refractivity contribution is 1.68. The van der Waals surface area contributed by atoms with Gasteiger partial charge in [-0.25, -0.2) is 0 Å². The van der Waals surface area contributed by atoms with Gasteiger partial charge in [0.15, 0.2) is 0 Å². The molecule has 19 heavy (non-hydrogen) atoms. The molecule has 0 heteroatoms. The maximum atomic E-state index is 4.00. The Bertz CT molecular complexity index is 917. The summed E-state index contributed by atoms with van der Waals surface area (Å²) in [6.45, 7) is 4.00. The smallest absolute Gasteiger partial charge is 0.0171 e. The molecular formula is C19H13. The summed E-state index contributed by atoms with van der Waals surface area (Å²) < 4.78 is 0. The normalized spacial score (nSPS) is 11.4. The molecule has 1 radical (unpaired) electrons. The quantitative estimate of drug-likeness (QED) is 0.365. The molecule has 0 nitrogen and oxygen atoms in total. The van der Waals surface area contributed by atoms with E-state index in [2.05, 4.69) is 73.7 Å².